The lowest BCUT2D eigenvalue weighted by molar-refractivity contribution is -0.151. The van der Waals surface area contributed by atoms with E-state index in [0.717, 1.165) is 6.42 Å². The van der Waals surface area contributed by atoms with Crippen molar-refractivity contribution in [2.45, 2.75) is 25.4 Å². The standard InChI is InChI=1S/C10H15N5O3/c1-18-9(17)7-3-2-4-15(7)8(16)5-14-6-12-10(11)13-14/h6-7H,2-5H2,1H3,(H2,11,13). The molecule has 0 aliphatic carbocycles. The first kappa shape index (κ1) is 12.3. The molecule has 0 saturated carbocycles. The van der Waals surface area contributed by atoms with Crippen LogP contribution in [0, 0.1) is 0 Å². The molecule has 2 rings (SSSR count). The topological polar surface area (TPSA) is 103 Å². The Morgan fingerprint density at radius 3 is 3.00 bits per heavy atom. The molecular weight excluding hydrogens is 238 g/mol. The highest BCUT2D eigenvalue weighted by molar-refractivity contribution is 5.85. The number of anilines is 1. The fourth-order valence-corrected chi connectivity index (χ4v) is 2.06. The van der Waals surface area contributed by atoms with Gasteiger partial charge in [0.05, 0.1) is 7.11 Å². The molecule has 0 radical (unpaired) electrons. The summed E-state index contributed by atoms with van der Waals surface area (Å²) in [5, 5.41) is 3.83. The van der Waals surface area contributed by atoms with Crippen LogP contribution in [0.15, 0.2) is 6.33 Å². The van der Waals surface area contributed by atoms with Crippen LogP contribution in [0.1, 0.15) is 12.8 Å². The van der Waals surface area contributed by atoms with Crippen molar-refractivity contribution in [3.63, 3.8) is 0 Å². The Kier molecular flexibility index (Phi) is 3.45. The van der Waals surface area contributed by atoms with Gasteiger partial charge in [-0.3, -0.25) is 4.79 Å². The first-order chi connectivity index (χ1) is 8.61. The lowest BCUT2D eigenvalue weighted by Crippen LogP contribution is -2.42. The van der Waals surface area contributed by atoms with Crippen LogP contribution in [0.25, 0.3) is 0 Å². The minimum absolute atomic E-state index is 0.0255. The van der Waals surface area contributed by atoms with Crippen molar-refractivity contribution in [3.8, 4) is 0 Å². The highest BCUT2D eigenvalue weighted by Crippen LogP contribution is 2.18. The number of aromatic nitrogens is 3. The maximum Gasteiger partial charge on any atom is 0.328 e. The van der Waals surface area contributed by atoms with Crippen LogP contribution in [-0.4, -0.2) is 51.2 Å². The number of nitrogens with two attached hydrogens (primary N) is 1. The Hall–Kier alpha value is -2.12. The van der Waals surface area contributed by atoms with Crippen LogP contribution in [0.2, 0.25) is 0 Å². The lowest BCUT2D eigenvalue weighted by Gasteiger charge is -2.22. The summed E-state index contributed by atoms with van der Waals surface area (Å²) >= 11 is 0. The molecule has 0 bridgehead atoms. The van der Waals surface area contributed by atoms with Crippen molar-refractivity contribution in [1.82, 2.24) is 19.7 Å². The molecule has 0 spiro atoms. The summed E-state index contributed by atoms with van der Waals surface area (Å²) < 4.78 is 6.03. The number of carbonyl (C=O) groups is 2. The number of hydrogen-bond donors (Lipinski definition) is 1. The van der Waals surface area contributed by atoms with E-state index in [-0.39, 0.29) is 24.4 Å². The SMILES string of the molecule is COC(=O)C1CCCN1C(=O)Cn1cnc(N)n1. The van der Waals surface area contributed by atoms with E-state index in [1.54, 1.807) is 0 Å². The first-order valence-corrected chi connectivity index (χ1v) is 5.64. The number of likely N-dealkylation sites (tertiary alicyclic amines) is 1. The third-order valence-corrected chi connectivity index (χ3v) is 2.90. The summed E-state index contributed by atoms with van der Waals surface area (Å²) in [6.07, 6.45) is 2.82. The van der Waals surface area contributed by atoms with E-state index < -0.39 is 6.04 Å². The fourth-order valence-electron chi connectivity index (χ4n) is 2.06. The average Bonchev–Trinajstić information content (AvgIpc) is 2.97. The fraction of sp³-hybridized carbons (Fsp3) is 0.600. The number of nitrogen functional groups attached to an aromatic ring is 1. The third-order valence-electron chi connectivity index (χ3n) is 2.90. The smallest absolute Gasteiger partial charge is 0.328 e. The van der Waals surface area contributed by atoms with Gasteiger partial charge in [-0.1, -0.05) is 0 Å². The number of rotatable bonds is 3. The largest absolute Gasteiger partial charge is 0.467 e. The zero-order valence-corrected chi connectivity index (χ0v) is 10.1. The third kappa shape index (κ3) is 2.41. The molecule has 18 heavy (non-hydrogen) atoms. The first-order valence-electron chi connectivity index (χ1n) is 5.64. The second-order valence-electron chi connectivity index (χ2n) is 4.07. The summed E-state index contributed by atoms with van der Waals surface area (Å²) in [5.74, 6) is -0.444. The summed E-state index contributed by atoms with van der Waals surface area (Å²) in [6, 6.07) is -0.483. The highest BCUT2D eigenvalue weighted by Gasteiger charge is 2.34. The molecule has 1 aromatic rings. The van der Waals surface area contributed by atoms with E-state index in [1.807, 2.05) is 0 Å². The molecule has 1 fully saturated rings. The van der Waals surface area contributed by atoms with Crippen LogP contribution in [-0.2, 0) is 20.9 Å². The number of esters is 1. The molecular formula is C10H15N5O3. The van der Waals surface area contributed by atoms with Gasteiger partial charge in [-0.25, -0.2) is 14.5 Å². The summed E-state index contributed by atoms with van der Waals surface area (Å²) in [5.41, 5.74) is 5.36. The normalized spacial score (nSPS) is 18.9. The van der Waals surface area contributed by atoms with Crippen LogP contribution in [0.4, 0.5) is 5.95 Å². The number of methoxy groups -OCH3 is 1. The molecule has 2 heterocycles. The summed E-state index contributed by atoms with van der Waals surface area (Å²) in [4.78, 5) is 28.8. The van der Waals surface area contributed by atoms with Gasteiger partial charge in [0.1, 0.15) is 18.9 Å². The number of hydrogen-bond acceptors (Lipinski definition) is 6. The van der Waals surface area contributed by atoms with Crippen molar-refractivity contribution in [1.29, 1.82) is 0 Å². The number of amides is 1. The number of carbonyl (C=O) groups excluding carboxylic acids is 2. The van der Waals surface area contributed by atoms with Gasteiger partial charge in [-0.2, -0.15) is 0 Å². The molecule has 98 valence electrons. The molecule has 1 atom stereocenters. The van der Waals surface area contributed by atoms with Gasteiger partial charge in [0, 0.05) is 6.54 Å². The Morgan fingerprint density at radius 1 is 1.61 bits per heavy atom. The van der Waals surface area contributed by atoms with Gasteiger partial charge < -0.3 is 15.4 Å². The van der Waals surface area contributed by atoms with Crippen LogP contribution in [0.5, 0.6) is 0 Å². The van der Waals surface area contributed by atoms with E-state index in [4.69, 9.17) is 5.73 Å². The lowest BCUT2D eigenvalue weighted by atomic mass is 10.2. The van der Waals surface area contributed by atoms with Gasteiger partial charge in [0.2, 0.25) is 11.9 Å². The molecule has 0 aromatic carbocycles. The molecule has 8 nitrogen and oxygen atoms in total. The summed E-state index contributed by atoms with van der Waals surface area (Å²) in [7, 11) is 1.32. The highest BCUT2D eigenvalue weighted by atomic mass is 16.5. The van der Waals surface area contributed by atoms with Gasteiger partial charge >= 0.3 is 5.97 Å². The Morgan fingerprint density at radius 2 is 2.39 bits per heavy atom. The molecule has 2 N–H and O–H groups in total. The molecule has 1 aliphatic rings. The number of nitrogens with zero attached hydrogens (tertiary/aromatic N) is 4. The second kappa shape index (κ2) is 5.03. The number of ether oxygens (including phenoxy) is 1. The van der Waals surface area contributed by atoms with Crippen molar-refractivity contribution < 1.29 is 14.3 Å². The van der Waals surface area contributed by atoms with Crippen LogP contribution >= 0.6 is 0 Å². The Bertz CT molecular complexity index is 458. The minimum Gasteiger partial charge on any atom is -0.467 e. The van der Waals surface area contributed by atoms with Gasteiger partial charge in [-0.15, -0.1) is 5.10 Å². The zero-order valence-electron chi connectivity index (χ0n) is 10.1. The van der Waals surface area contributed by atoms with E-state index in [9.17, 15) is 9.59 Å². The Balaban J connectivity index is 2.02. The zero-order chi connectivity index (χ0) is 13.1. The van der Waals surface area contributed by atoms with E-state index in [1.165, 1.54) is 23.0 Å². The molecule has 8 heteroatoms. The predicted molar refractivity (Wildman–Crippen MR) is 61.2 cm³/mol. The molecule has 1 aliphatic heterocycles. The van der Waals surface area contributed by atoms with Crippen molar-refractivity contribution in [3.05, 3.63) is 6.33 Å². The van der Waals surface area contributed by atoms with Gasteiger partial charge in [0.25, 0.3) is 0 Å². The van der Waals surface area contributed by atoms with Crippen molar-refractivity contribution >= 4 is 17.8 Å². The molecule has 1 saturated heterocycles. The van der Waals surface area contributed by atoms with Crippen LogP contribution < -0.4 is 5.73 Å². The van der Waals surface area contributed by atoms with Crippen LogP contribution in [0.3, 0.4) is 0 Å². The monoisotopic (exact) mass is 253 g/mol. The van der Waals surface area contributed by atoms with E-state index >= 15 is 0 Å². The van der Waals surface area contributed by atoms with E-state index in [2.05, 4.69) is 14.8 Å². The van der Waals surface area contributed by atoms with E-state index in [0.29, 0.717) is 13.0 Å². The molecule has 1 unspecified atom stereocenters. The quantitative estimate of drug-likeness (QED) is 0.695. The molecule has 1 aromatic heterocycles. The average molecular weight is 253 g/mol. The predicted octanol–water partition coefficient (Wildman–Crippen LogP) is -0.976. The minimum atomic E-state index is -0.483. The molecule has 1 amide bonds. The second-order valence-corrected chi connectivity index (χ2v) is 4.07. The van der Waals surface area contributed by atoms with Gasteiger partial charge in [0.15, 0.2) is 0 Å². The van der Waals surface area contributed by atoms with Crippen molar-refractivity contribution in [2.75, 3.05) is 19.4 Å². The summed E-state index contributed by atoms with van der Waals surface area (Å²) in [6.45, 7) is 0.584. The van der Waals surface area contributed by atoms with Crippen molar-refractivity contribution in [2.24, 2.45) is 0 Å². The maximum absolute atomic E-state index is 12.0. The Labute approximate surface area is 104 Å². The maximum atomic E-state index is 12.0. The van der Waals surface area contributed by atoms with Gasteiger partial charge in [-0.05, 0) is 12.8 Å².